The van der Waals surface area contributed by atoms with E-state index in [2.05, 4.69) is 17.5 Å². The quantitative estimate of drug-likeness (QED) is 0.112. The van der Waals surface area contributed by atoms with Gasteiger partial charge in [-0.2, -0.15) is 5.10 Å². The number of esters is 1. The van der Waals surface area contributed by atoms with E-state index in [1.807, 2.05) is 36.4 Å². The van der Waals surface area contributed by atoms with Gasteiger partial charge in [0, 0.05) is 12.0 Å². The van der Waals surface area contributed by atoms with Crippen molar-refractivity contribution < 1.29 is 14.3 Å². The van der Waals surface area contributed by atoms with Gasteiger partial charge in [0.1, 0.15) is 5.75 Å². The van der Waals surface area contributed by atoms with Gasteiger partial charge < -0.3 is 4.74 Å². The summed E-state index contributed by atoms with van der Waals surface area (Å²) >= 11 is 0. The third kappa shape index (κ3) is 7.56. The zero-order chi connectivity index (χ0) is 23.3. The van der Waals surface area contributed by atoms with Crippen LogP contribution in [0.1, 0.15) is 74.2 Å². The minimum Gasteiger partial charge on any atom is -0.422 e. The van der Waals surface area contributed by atoms with Crippen molar-refractivity contribution in [1.29, 1.82) is 0 Å². The number of hydrogen-bond acceptors (Lipinski definition) is 4. The molecule has 3 aromatic rings. The summed E-state index contributed by atoms with van der Waals surface area (Å²) in [6.07, 6.45) is 10.1. The molecule has 0 saturated heterocycles. The fraction of sp³-hybridized carbons (Fsp3) is 0.321. The van der Waals surface area contributed by atoms with E-state index in [4.69, 9.17) is 4.74 Å². The number of ether oxygens (including phenoxy) is 1. The highest BCUT2D eigenvalue weighted by molar-refractivity contribution is 6.04. The normalized spacial score (nSPS) is 11.1. The van der Waals surface area contributed by atoms with Crippen LogP contribution < -0.4 is 10.2 Å². The number of unbranched alkanes of at least 4 members (excludes halogenated alkanes) is 6. The van der Waals surface area contributed by atoms with Crippen LogP contribution in [0.15, 0.2) is 71.8 Å². The van der Waals surface area contributed by atoms with Gasteiger partial charge in [-0.1, -0.05) is 94.0 Å². The molecule has 0 aliphatic carbocycles. The molecule has 0 aromatic heterocycles. The van der Waals surface area contributed by atoms with E-state index in [1.54, 1.807) is 36.5 Å². The monoisotopic (exact) mass is 444 g/mol. The number of rotatable bonds is 12. The molecule has 3 aromatic carbocycles. The molecule has 0 atom stereocenters. The predicted molar refractivity (Wildman–Crippen MR) is 134 cm³/mol. The lowest BCUT2D eigenvalue weighted by molar-refractivity contribution is -0.121. The highest BCUT2D eigenvalue weighted by Gasteiger charge is 2.13. The molecule has 0 spiro atoms. The van der Waals surface area contributed by atoms with Crippen LogP contribution in [0.5, 0.6) is 5.75 Å². The maximum Gasteiger partial charge on any atom is 0.343 e. The van der Waals surface area contributed by atoms with Crippen LogP contribution in [0.4, 0.5) is 0 Å². The third-order valence-electron chi connectivity index (χ3n) is 5.53. The van der Waals surface area contributed by atoms with Crippen molar-refractivity contribution in [1.82, 2.24) is 5.43 Å². The van der Waals surface area contributed by atoms with Crippen LogP contribution >= 0.6 is 0 Å². The molecular weight excluding hydrogens is 412 g/mol. The minimum absolute atomic E-state index is 0.108. The first-order valence-electron chi connectivity index (χ1n) is 11.8. The van der Waals surface area contributed by atoms with E-state index in [1.165, 1.54) is 32.1 Å². The molecular formula is C28H32N2O3. The predicted octanol–water partition coefficient (Wildman–Crippen LogP) is 6.65. The summed E-state index contributed by atoms with van der Waals surface area (Å²) in [5.41, 5.74) is 3.73. The Morgan fingerprint density at radius 3 is 2.33 bits per heavy atom. The number of nitrogens with zero attached hydrogens (tertiary/aromatic N) is 1. The van der Waals surface area contributed by atoms with Crippen LogP contribution in [-0.2, 0) is 4.79 Å². The third-order valence-corrected chi connectivity index (χ3v) is 5.53. The molecule has 0 aliphatic rings. The Balaban J connectivity index is 1.63. The molecule has 0 heterocycles. The molecule has 0 aliphatic heterocycles. The van der Waals surface area contributed by atoms with Gasteiger partial charge in [-0.3, -0.25) is 4.79 Å². The van der Waals surface area contributed by atoms with Gasteiger partial charge in [-0.25, -0.2) is 10.2 Å². The lowest BCUT2D eigenvalue weighted by Crippen LogP contribution is -2.17. The lowest BCUT2D eigenvalue weighted by atomic mass is 10.0. The summed E-state index contributed by atoms with van der Waals surface area (Å²) < 4.78 is 5.67. The second-order valence-electron chi connectivity index (χ2n) is 8.12. The number of amides is 1. The van der Waals surface area contributed by atoms with Gasteiger partial charge >= 0.3 is 5.97 Å². The maximum atomic E-state index is 12.6. The topological polar surface area (TPSA) is 67.8 Å². The molecule has 0 fully saturated rings. The summed E-state index contributed by atoms with van der Waals surface area (Å²) in [7, 11) is 0. The van der Waals surface area contributed by atoms with Crippen LogP contribution in [0.25, 0.3) is 10.8 Å². The zero-order valence-electron chi connectivity index (χ0n) is 19.3. The van der Waals surface area contributed by atoms with E-state index in [0.29, 0.717) is 23.3 Å². The molecule has 0 unspecified atom stereocenters. The number of nitrogens with one attached hydrogen (secondary N) is 1. The largest absolute Gasteiger partial charge is 0.422 e. The van der Waals surface area contributed by atoms with Crippen molar-refractivity contribution in [2.24, 2.45) is 5.10 Å². The molecule has 172 valence electrons. The molecule has 0 bridgehead atoms. The molecule has 0 radical (unpaired) electrons. The highest BCUT2D eigenvalue weighted by atomic mass is 16.5. The molecule has 5 nitrogen and oxygen atoms in total. The SMILES string of the molecule is CCCCCCCCCC(=O)N/N=C/c1c(OC(=O)c2ccccc2)ccc2ccccc12. The van der Waals surface area contributed by atoms with Crippen molar-refractivity contribution >= 4 is 28.9 Å². The summed E-state index contributed by atoms with van der Waals surface area (Å²) in [6.45, 7) is 2.21. The molecule has 1 amide bonds. The maximum absolute atomic E-state index is 12.6. The first-order chi connectivity index (χ1) is 16.2. The Labute approximate surface area is 195 Å². The minimum atomic E-state index is -0.441. The van der Waals surface area contributed by atoms with Crippen LogP contribution in [0.3, 0.4) is 0 Å². The summed E-state index contributed by atoms with van der Waals surface area (Å²) in [5.74, 6) is -0.154. The van der Waals surface area contributed by atoms with Crippen molar-refractivity contribution in [3.05, 3.63) is 77.9 Å². The first-order valence-corrected chi connectivity index (χ1v) is 11.8. The van der Waals surface area contributed by atoms with Gasteiger partial charge in [-0.15, -0.1) is 0 Å². The van der Waals surface area contributed by atoms with E-state index < -0.39 is 5.97 Å². The zero-order valence-corrected chi connectivity index (χ0v) is 19.3. The smallest absolute Gasteiger partial charge is 0.343 e. The number of carbonyl (C=O) groups is 2. The van der Waals surface area contributed by atoms with Crippen molar-refractivity contribution in [3.63, 3.8) is 0 Å². The number of fused-ring (bicyclic) bond motifs is 1. The van der Waals surface area contributed by atoms with Crippen LogP contribution in [0.2, 0.25) is 0 Å². The second-order valence-corrected chi connectivity index (χ2v) is 8.12. The van der Waals surface area contributed by atoms with E-state index >= 15 is 0 Å². The number of hydrazone groups is 1. The van der Waals surface area contributed by atoms with Crippen molar-refractivity contribution in [2.75, 3.05) is 0 Å². The van der Waals surface area contributed by atoms with Gasteiger partial charge in [0.2, 0.25) is 5.91 Å². The number of carbonyl (C=O) groups excluding carboxylic acids is 2. The van der Waals surface area contributed by atoms with Gasteiger partial charge in [0.05, 0.1) is 11.8 Å². The van der Waals surface area contributed by atoms with E-state index in [0.717, 1.165) is 23.6 Å². The van der Waals surface area contributed by atoms with E-state index in [-0.39, 0.29) is 5.91 Å². The van der Waals surface area contributed by atoms with Crippen molar-refractivity contribution in [3.8, 4) is 5.75 Å². The van der Waals surface area contributed by atoms with Gasteiger partial charge in [-0.05, 0) is 35.4 Å². The Morgan fingerprint density at radius 2 is 1.55 bits per heavy atom. The average molecular weight is 445 g/mol. The van der Waals surface area contributed by atoms with Gasteiger partial charge in [0.15, 0.2) is 0 Å². The number of benzene rings is 3. The summed E-state index contributed by atoms with van der Waals surface area (Å²) in [6, 6.07) is 20.3. The Morgan fingerprint density at radius 1 is 0.848 bits per heavy atom. The second kappa shape index (κ2) is 13.2. The molecule has 5 heteroatoms. The number of hydrogen-bond donors (Lipinski definition) is 1. The average Bonchev–Trinajstić information content (AvgIpc) is 2.85. The first kappa shape index (κ1) is 24.2. The highest BCUT2D eigenvalue weighted by Crippen LogP contribution is 2.27. The fourth-order valence-corrected chi connectivity index (χ4v) is 3.70. The summed E-state index contributed by atoms with van der Waals surface area (Å²) in [5, 5.41) is 6.04. The van der Waals surface area contributed by atoms with Crippen molar-refractivity contribution in [2.45, 2.75) is 58.3 Å². The fourth-order valence-electron chi connectivity index (χ4n) is 3.70. The Bertz CT molecular complexity index is 1080. The Hall–Kier alpha value is -3.47. The van der Waals surface area contributed by atoms with Gasteiger partial charge in [0.25, 0.3) is 0 Å². The lowest BCUT2D eigenvalue weighted by Gasteiger charge is -2.10. The molecule has 1 N–H and O–H groups in total. The molecule has 3 rings (SSSR count). The van der Waals surface area contributed by atoms with Crippen LogP contribution in [-0.4, -0.2) is 18.1 Å². The van der Waals surface area contributed by atoms with E-state index in [9.17, 15) is 9.59 Å². The Kier molecular flexibility index (Phi) is 9.64. The standard InChI is InChI=1S/C28H32N2O3/c1-2-3-4-5-6-7-11-18-27(31)30-29-21-25-24-17-13-12-14-22(24)19-20-26(25)33-28(32)23-15-9-8-10-16-23/h8-10,12-17,19-21H,2-7,11,18H2,1H3,(H,30,31)/b29-21+. The van der Waals surface area contributed by atoms with Crippen LogP contribution in [0, 0.1) is 0 Å². The molecule has 33 heavy (non-hydrogen) atoms. The summed E-state index contributed by atoms with van der Waals surface area (Å²) in [4.78, 5) is 24.7. The molecule has 0 saturated carbocycles.